The van der Waals surface area contributed by atoms with Crippen LogP contribution in [0.5, 0.6) is 0 Å². The lowest BCUT2D eigenvalue weighted by Gasteiger charge is -2.26. The van der Waals surface area contributed by atoms with Crippen LogP contribution in [-0.2, 0) is 26.0 Å². The zero-order chi connectivity index (χ0) is 21.7. The molecule has 1 N–H and O–H groups in total. The van der Waals surface area contributed by atoms with Gasteiger partial charge in [-0.05, 0) is 48.4 Å². The second kappa shape index (κ2) is 9.42. The van der Waals surface area contributed by atoms with E-state index in [0.717, 1.165) is 11.3 Å². The van der Waals surface area contributed by atoms with Crippen LogP contribution >= 0.6 is 0 Å². The predicted octanol–water partition coefficient (Wildman–Crippen LogP) is 2.46. The number of anilines is 1. The third-order valence-corrected chi connectivity index (χ3v) is 6.98. The van der Waals surface area contributed by atoms with Crippen molar-refractivity contribution in [3.8, 4) is 5.69 Å². The van der Waals surface area contributed by atoms with Crippen LogP contribution in [0.15, 0.2) is 71.9 Å². The molecule has 0 bridgehead atoms. The second-order valence-corrected chi connectivity index (χ2v) is 9.15. The number of carbonyl (C=O) groups excluding carboxylic acids is 1. The Hall–Kier alpha value is -3.01. The summed E-state index contributed by atoms with van der Waals surface area (Å²) in [5.74, 6) is -0.109. The molecule has 1 amide bonds. The molecule has 0 spiro atoms. The van der Waals surface area contributed by atoms with Gasteiger partial charge in [-0.1, -0.05) is 18.2 Å². The molecule has 9 heteroatoms. The van der Waals surface area contributed by atoms with Gasteiger partial charge in [-0.15, -0.1) is 0 Å². The molecule has 0 saturated carbocycles. The number of hydrogen-bond donors (Lipinski definition) is 1. The van der Waals surface area contributed by atoms with E-state index in [0.29, 0.717) is 44.8 Å². The first-order chi connectivity index (χ1) is 15.0. The van der Waals surface area contributed by atoms with Crippen molar-refractivity contribution in [3.05, 3.63) is 72.6 Å². The molecule has 3 aromatic rings. The molecule has 4 rings (SSSR count). The molecule has 2 aromatic carbocycles. The molecule has 1 aliphatic rings. The van der Waals surface area contributed by atoms with E-state index in [1.54, 1.807) is 35.1 Å². The average molecular weight is 441 g/mol. The number of amides is 1. The maximum atomic E-state index is 12.7. The number of carbonyl (C=O) groups is 1. The van der Waals surface area contributed by atoms with Gasteiger partial charge in [0.25, 0.3) is 0 Å². The van der Waals surface area contributed by atoms with Gasteiger partial charge in [-0.3, -0.25) is 4.79 Å². The molecule has 0 atom stereocenters. The van der Waals surface area contributed by atoms with E-state index >= 15 is 0 Å². The Morgan fingerprint density at radius 2 is 1.84 bits per heavy atom. The summed E-state index contributed by atoms with van der Waals surface area (Å²) in [6, 6.07) is 16.0. The van der Waals surface area contributed by atoms with Crippen LogP contribution in [0, 0.1) is 0 Å². The SMILES string of the molecule is O=C(CCc1ccc(S(=O)(=O)N2CCOCC2)cc1)Nc1cccc(-n2cccn2)c1. The maximum Gasteiger partial charge on any atom is 0.243 e. The Bertz CT molecular complexity index is 1120. The monoisotopic (exact) mass is 440 g/mol. The van der Waals surface area contributed by atoms with E-state index in [1.807, 2.05) is 36.5 Å². The van der Waals surface area contributed by atoms with Gasteiger partial charge in [0, 0.05) is 37.6 Å². The molecule has 0 unspecified atom stereocenters. The van der Waals surface area contributed by atoms with Gasteiger partial charge in [0.1, 0.15) is 0 Å². The fourth-order valence-corrected chi connectivity index (χ4v) is 4.80. The lowest BCUT2D eigenvalue weighted by molar-refractivity contribution is -0.116. The van der Waals surface area contributed by atoms with Crippen LogP contribution in [0.2, 0.25) is 0 Å². The average Bonchev–Trinajstić information content (AvgIpc) is 3.34. The van der Waals surface area contributed by atoms with Crippen molar-refractivity contribution in [1.29, 1.82) is 0 Å². The molecule has 2 heterocycles. The van der Waals surface area contributed by atoms with E-state index in [-0.39, 0.29) is 10.8 Å². The molecular weight excluding hydrogens is 416 g/mol. The summed E-state index contributed by atoms with van der Waals surface area (Å²) < 4.78 is 33.8. The van der Waals surface area contributed by atoms with Gasteiger partial charge in [-0.2, -0.15) is 9.40 Å². The molecule has 31 heavy (non-hydrogen) atoms. The standard InChI is InChI=1S/C22H24N4O4S/c27-22(24-19-3-1-4-20(17-19)26-12-2-11-23-26)10-7-18-5-8-21(9-6-18)31(28,29)25-13-15-30-16-14-25/h1-6,8-9,11-12,17H,7,10,13-16H2,(H,24,27). The lowest BCUT2D eigenvalue weighted by atomic mass is 10.1. The van der Waals surface area contributed by atoms with Crippen LogP contribution in [0.4, 0.5) is 5.69 Å². The maximum absolute atomic E-state index is 12.7. The molecule has 8 nitrogen and oxygen atoms in total. The van der Waals surface area contributed by atoms with Crippen molar-refractivity contribution in [1.82, 2.24) is 14.1 Å². The number of rotatable bonds is 7. The largest absolute Gasteiger partial charge is 0.379 e. The van der Waals surface area contributed by atoms with Crippen LogP contribution < -0.4 is 5.32 Å². The molecule has 1 aliphatic heterocycles. The van der Waals surface area contributed by atoms with E-state index < -0.39 is 10.0 Å². The number of morpholine rings is 1. The van der Waals surface area contributed by atoms with Crippen molar-refractivity contribution in [3.63, 3.8) is 0 Å². The van der Waals surface area contributed by atoms with Crippen LogP contribution in [0.25, 0.3) is 5.69 Å². The van der Waals surface area contributed by atoms with Crippen LogP contribution in [0.3, 0.4) is 0 Å². The summed E-state index contributed by atoms with van der Waals surface area (Å²) in [6.45, 7) is 1.56. The molecular formula is C22H24N4O4S. The number of benzene rings is 2. The summed E-state index contributed by atoms with van der Waals surface area (Å²) >= 11 is 0. The summed E-state index contributed by atoms with van der Waals surface area (Å²) in [7, 11) is -3.51. The first kappa shape index (κ1) is 21.2. The number of aryl methyl sites for hydroxylation is 1. The Labute approximate surface area is 181 Å². The number of hydrogen-bond acceptors (Lipinski definition) is 5. The summed E-state index contributed by atoms with van der Waals surface area (Å²) in [6.07, 6.45) is 4.34. The van der Waals surface area contributed by atoms with Crippen LogP contribution in [-0.4, -0.2) is 54.7 Å². The first-order valence-corrected chi connectivity index (χ1v) is 11.5. The molecule has 0 aliphatic carbocycles. The predicted molar refractivity (Wildman–Crippen MR) is 117 cm³/mol. The normalized spacial score (nSPS) is 15.0. The highest BCUT2D eigenvalue weighted by atomic mass is 32.2. The highest BCUT2D eigenvalue weighted by Gasteiger charge is 2.26. The highest BCUT2D eigenvalue weighted by molar-refractivity contribution is 7.89. The van der Waals surface area contributed by atoms with Gasteiger partial charge in [0.15, 0.2) is 0 Å². The zero-order valence-electron chi connectivity index (χ0n) is 17.0. The minimum absolute atomic E-state index is 0.109. The van der Waals surface area contributed by atoms with E-state index in [1.165, 1.54) is 4.31 Å². The number of sulfonamides is 1. The van der Waals surface area contributed by atoms with E-state index in [2.05, 4.69) is 10.4 Å². The van der Waals surface area contributed by atoms with Crippen molar-refractivity contribution in [2.45, 2.75) is 17.7 Å². The third kappa shape index (κ3) is 5.19. The fourth-order valence-electron chi connectivity index (χ4n) is 3.39. The molecule has 1 fully saturated rings. The highest BCUT2D eigenvalue weighted by Crippen LogP contribution is 2.19. The topological polar surface area (TPSA) is 93.5 Å². The smallest absolute Gasteiger partial charge is 0.243 e. The quantitative estimate of drug-likeness (QED) is 0.609. The van der Waals surface area contributed by atoms with Crippen molar-refractivity contribution >= 4 is 21.6 Å². The fraction of sp³-hybridized carbons (Fsp3) is 0.273. The number of aromatic nitrogens is 2. The number of nitrogens with zero attached hydrogens (tertiary/aromatic N) is 3. The Kier molecular flexibility index (Phi) is 6.45. The van der Waals surface area contributed by atoms with Gasteiger partial charge < -0.3 is 10.1 Å². The number of ether oxygens (including phenoxy) is 1. The number of nitrogens with one attached hydrogen (secondary N) is 1. The summed E-state index contributed by atoms with van der Waals surface area (Å²) in [4.78, 5) is 12.6. The van der Waals surface area contributed by atoms with Crippen molar-refractivity contribution in [2.24, 2.45) is 0 Å². The molecule has 1 aromatic heterocycles. The van der Waals surface area contributed by atoms with Crippen molar-refractivity contribution in [2.75, 3.05) is 31.6 Å². The van der Waals surface area contributed by atoms with Gasteiger partial charge >= 0.3 is 0 Å². The first-order valence-electron chi connectivity index (χ1n) is 10.1. The Balaban J connectivity index is 1.33. The van der Waals surface area contributed by atoms with Gasteiger partial charge in [0.05, 0.1) is 23.8 Å². The van der Waals surface area contributed by atoms with Gasteiger partial charge in [-0.25, -0.2) is 13.1 Å². The minimum Gasteiger partial charge on any atom is -0.379 e. The van der Waals surface area contributed by atoms with E-state index in [9.17, 15) is 13.2 Å². The molecule has 162 valence electrons. The molecule has 0 radical (unpaired) electrons. The summed E-state index contributed by atoms with van der Waals surface area (Å²) in [5.41, 5.74) is 2.46. The van der Waals surface area contributed by atoms with Crippen LogP contribution in [0.1, 0.15) is 12.0 Å². The van der Waals surface area contributed by atoms with Gasteiger partial charge in [0.2, 0.25) is 15.9 Å². The second-order valence-electron chi connectivity index (χ2n) is 7.21. The lowest BCUT2D eigenvalue weighted by Crippen LogP contribution is -2.40. The Morgan fingerprint density at radius 1 is 1.06 bits per heavy atom. The van der Waals surface area contributed by atoms with Crippen molar-refractivity contribution < 1.29 is 17.9 Å². The Morgan fingerprint density at radius 3 is 2.55 bits per heavy atom. The zero-order valence-corrected chi connectivity index (χ0v) is 17.8. The third-order valence-electron chi connectivity index (χ3n) is 5.07. The molecule has 1 saturated heterocycles. The van der Waals surface area contributed by atoms with E-state index in [4.69, 9.17) is 4.74 Å². The minimum atomic E-state index is -3.51. The summed E-state index contributed by atoms with van der Waals surface area (Å²) in [5, 5.41) is 7.09.